The maximum absolute atomic E-state index is 10.7. The standard InChI is InChI=1S/C13H20N4O2/c1-10-7-12(17(18)19)8-15-13(10)16(2)9-11-5-3-4-6-14-11/h7-8,11,14H,3-6,9H2,1-2H3. The summed E-state index contributed by atoms with van der Waals surface area (Å²) >= 11 is 0. The first-order valence-corrected chi connectivity index (χ1v) is 6.63. The van der Waals surface area contributed by atoms with E-state index in [0.29, 0.717) is 6.04 Å². The van der Waals surface area contributed by atoms with Crippen molar-refractivity contribution >= 4 is 11.5 Å². The monoisotopic (exact) mass is 264 g/mol. The third-order valence-corrected chi connectivity index (χ3v) is 3.52. The summed E-state index contributed by atoms with van der Waals surface area (Å²) in [4.78, 5) is 16.6. The molecule has 0 amide bonds. The van der Waals surface area contributed by atoms with E-state index in [1.807, 2.05) is 14.0 Å². The molecule has 1 aliphatic heterocycles. The van der Waals surface area contributed by atoms with E-state index in [9.17, 15) is 10.1 Å². The Morgan fingerprint density at radius 2 is 2.37 bits per heavy atom. The number of aromatic nitrogens is 1. The maximum Gasteiger partial charge on any atom is 0.287 e. The van der Waals surface area contributed by atoms with Gasteiger partial charge >= 0.3 is 0 Å². The van der Waals surface area contributed by atoms with Crippen LogP contribution in [0, 0.1) is 17.0 Å². The fraction of sp³-hybridized carbons (Fsp3) is 0.615. The minimum absolute atomic E-state index is 0.0467. The largest absolute Gasteiger partial charge is 0.358 e. The van der Waals surface area contributed by atoms with Crippen molar-refractivity contribution in [2.75, 3.05) is 25.0 Å². The van der Waals surface area contributed by atoms with Crippen molar-refractivity contribution in [3.05, 3.63) is 27.9 Å². The zero-order valence-corrected chi connectivity index (χ0v) is 11.4. The molecular weight excluding hydrogens is 244 g/mol. The number of hydrogen-bond donors (Lipinski definition) is 1. The summed E-state index contributed by atoms with van der Waals surface area (Å²) in [5, 5.41) is 14.2. The summed E-state index contributed by atoms with van der Waals surface area (Å²) < 4.78 is 0. The number of nitrogens with one attached hydrogen (secondary N) is 1. The molecule has 1 aromatic rings. The molecular formula is C13H20N4O2. The van der Waals surface area contributed by atoms with E-state index in [4.69, 9.17) is 0 Å². The van der Waals surface area contributed by atoms with E-state index < -0.39 is 4.92 Å². The SMILES string of the molecule is Cc1cc([N+](=O)[O-])cnc1N(C)CC1CCCCN1. The van der Waals surface area contributed by atoms with E-state index in [1.165, 1.54) is 25.5 Å². The van der Waals surface area contributed by atoms with Gasteiger partial charge in [-0.3, -0.25) is 10.1 Å². The van der Waals surface area contributed by atoms with Gasteiger partial charge in [0.1, 0.15) is 12.0 Å². The highest BCUT2D eigenvalue weighted by Gasteiger charge is 2.17. The number of anilines is 1. The van der Waals surface area contributed by atoms with Gasteiger partial charge in [-0.2, -0.15) is 0 Å². The van der Waals surface area contributed by atoms with Crippen LogP contribution in [0.1, 0.15) is 24.8 Å². The Kier molecular flexibility index (Phi) is 4.31. The molecule has 1 fully saturated rings. The number of rotatable bonds is 4. The lowest BCUT2D eigenvalue weighted by Crippen LogP contribution is -2.42. The molecule has 1 aromatic heterocycles. The van der Waals surface area contributed by atoms with Gasteiger partial charge in [0, 0.05) is 25.7 Å². The van der Waals surface area contributed by atoms with Crippen molar-refractivity contribution < 1.29 is 4.92 Å². The summed E-state index contributed by atoms with van der Waals surface area (Å²) in [6, 6.07) is 2.06. The molecule has 1 saturated heterocycles. The van der Waals surface area contributed by atoms with Gasteiger partial charge in [0.2, 0.25) is 0 Å². The summed E-state index contributed by atoms with van der Waals surface area (Å²) in [5.41, 5.74) is 0.887. The van der Waals surface area contributed by atoms with Crippen LogP contribution >= 0.6 is 0 Å². The van der Waals surface area contributed by atoms with Gasteiger partial charge < -0.3 is 10.2 Å². The van der Waals surface area contributed by atoms with E-state index >= 15 is 0 Å². The molecule has 104 valence electrons. The van der Waals surface area contributed by atoms with Gasteiger partial charge in [-0.1, -0.05) is 6.42 Å². The average Bonchev–Trinajstić information content (AvgIpc) is 2.39. The van der Waals surface area contributed by atoms with Crippen LogP contribution in [-0.4, -0.2) is 36.1 Å². The Balaban J connectivity index is 2.05. The number of nitrogens with zero attached hydrogens (tertiary/aromatic N) is 3. The van der Waals surface area contributed by atoms with Crippen molar-refractivity contribution in [2.45, 2.75) is 32.2 Å². The van der Waals surface area contributed by atoms with Gasteiger partial charge in [0.05, 0.1) is 4.92 Å². The normalized spacial score (nSPS) is 19.2. The van der Waals surface area contributed by atoms with Crippen LogP contribution in [0.2, 0.25) is 0 Å². The lowest BCUT2D eigenvalue weighted by molar-refractivity contribution is -0.385. The highest BCUT2D eigenvalue weighted by Crippen LogP contribution is 2.21. The van der Waals surface area contributed by atoms with Crippen LogP contribution in [0.25, 0.3) is 0 Å². The van der Waals surface area contributed by atoms with Gasteiger partial charge in [-0.05, 0) is 31.9 Å². The summed E-state index contributed by atoms with van der Waals surface area (Å²) in [5.74, 6) is 0.818. The molecule has 0 aromatic carbocycles. The highest BCUT2D eigenvalue weighted by molar-refractivity contribution is 5.50. The van der Waals surface area contributed by atoms with Crippen LogP contribution in [0.4, 0.5) is 11.5 Å². The molecule has 1 atom stereocenters. The predicted octanol–water partition coefficient (Wildman–Crippen LogP) is 1.88. The number of aryl methyl sites for hydroxylation is 1. The molecule has 0 saturated carbocycles. The van der Waals surface area contributed by atoms with E-state index in [1.54, 1.807) is 6.07 Å². The Hall–Kier alpha value is -1.69. The second-order valence-electron chi connectivity index (χ2n) is 5.12. The first-order valence-electron chi connectivity index (χ1n) is 6.63. The summed E-state index contributed by atoms with van der Waals surface area (Å²) in [6.07, 6.45) is 5.01. The Morgan fingerprint density at radius 3 is 2.95 bits per heavy atom. The number of pyridine rings is 1. The second kappa shape index (κ2) is 5.97. The third kappa shape index (κ3) is 3.41. The zero-order valence-electron chi connectivity index (χ0n) is 11.4. The number of piperidine rings is 1. The second-order valence-corrected chi connectivity index (χ2v) is 5.12. The highest BCUT2D eigenvalue weighted by atomic mass is 16.6. The number of nitro groups is 1. The molecule has 2 heterocycles. The van der Waals surface area contributed by atoms with Crippen molar-refractivity contribution in [1.29, 1.82) is 0 Å². The van der Waals surface area contributed by atoms with Crippen LogP contribution in [0.5, 0.6) is 0 Å². The van der Waals surface area contributed by atoms with Gasteiger partial charge in [0.15, 0.2) is 0 Å². The smallest absolute Gasteiger partial charge is 0.287 e. The Labute approximate surface area is 113 Å². The van der Waals surface area contributed by atoms with Crippen molar-refractivity contribution in [1.82, 2.24) is 10.3 Å². The molecule has 1 unspecified atom stereocenters. The van der Waals surface area contributed by atoms with E-state index in [-0.39, 0.29) is 5.69 Å². The molecule has 19 heavy (non-hydrogen) atoms. The first-order chi connectivity index (χ1) is 9.08. The zero-order chi connectivity index (χ0) is 13.8. The van der Waals surface area contributed by atoms with Crippen molar-refractivity contribution in [3.8, 4) is 0 Å². The van der Waals surface area contributed by atoms with E-state index in [0.717, 1.165) is 24.5 Å². The van der Waals surface area contributed by atoms with Gasteiger partial charge in [-0.25, -0.2) is 4.98 Å². The third-order valence-electron chi connectivity index (χ3n) is 3.52. The Morgan fingerprint density at radius 1 is 1.58 bits per heavy atom. The van der Waals surface area contributed by atoms with Crippen LogP contribution < -0.4 is 10.2 Å². The molecule has 6 nitrogen and oxygen atoms in total. The minimum Gasteiger partial charge on any atom is -0.358 e. The summed E-state index contributed by atoms with van der Waals surface area (Å²) in [6.45, 7) is 3.82. The molecule has 1 N–H and O–H groups in total. The number of likely N-dealkylation sites (N-methyl/N-ethyl adjacent to an activating group) is 1. The van der Waals surface area contributed by atoms with E-state index in [2.05, 4.69) is 15.2 Å². The number of hydrogen-bond acceptors (Lipinski definition) is 5. The average molecular weight is 264 g/mol. The first kappa shape index (κ1) is 13.7. The van der Waals surface area contributed by atoms with Crippen molar-refractivity contribution in [2.24, 2.45) is 0 Å². The van der Waals surface area contributed by atoms with Crippen molar-refractivity contribution in [3.63, 3.8) is 0 Å². The predicted molar refractivity (Wildman–Crippen MR) is 74.5 cm³/mol. The lowest BCUT2D eigenvalue weighted by atomic mass is 10.0. The molecule has 2 rings (SSSR count). The quantitative estimate of drug-likeness (QED) is 0.664. The van der Waals surface area contributed by atoms with Crippen LogP contribution in [0.3, 0.4) is 0 Å². The van der Waals surface area contributed by atoms with Gasteiger partial charge in [-0.15, -0.1) is 0 Å². The lowest BCUT2D eigenvalue weighted by Gasteiger charge is -2.29. The summed E-state index contributed by atoms with van der Waals surface area (Å²) in [7, 11) is 1.98. The fourth-order valence-electron chi connectivity index (χ4n) is 2.55. The maximum atomic E-state index is 10.7. The fourth-order valence-corrected chi connectivity index (χ4v) is 2.55. The molecule has 0 radical (unpaired) electrons. The molecule has 6 heteroatoms. The topological polar surface area (TPSA) is 71.3 Å². The Bertz CT molecular complexity index is 458. The van der Waals surface area contributed by atoms with Crippen LogP contribution in [-0.2, 0) is 0 Å². The minimum atomic E-state index is -0.410. The molecule has 0 bridgehead atoms. The van der Waals surface area contributed by atoms with Gasteiger partial charge in [0.25, 0.3) is 5.69 Å². The molecule has 1 aliphatic rings. The molecule has 0 spiro atoms. The van der Waals surface area contributed by atoms with Crippen LogP contribution in [0.15, 0.2) is 12.3 Å². The molecule has 0 aliphatic carbocycles.